The molecule has 1 atom stereocenters. The molecule has 0 amide bonds. The van der Waals surface area contributed by atoms with E-state index >= 15 is 0 Å². The number of rotatable bonds is 3. The van der Waals surface area contributed by atoms with Crippen LogP contribution >= 0.6 is 27.5 Å². The molecule has 0 bridgehead atoms. The smallest absolute Gasteiger partial charge is 0.243 e. The molecule has 1 heterocycles. The van der Waals surface area contributed by atoms with Crippen LogP contribution in [0, 0.1) is 5.82 Å². The van der Waals surface area contributed by atoms with Gasteiger partial charge in [0.15, 0.2) is 0 Å². The minimum absolute atomic E-state index is 0.117. The minimum Gasteiger partial charge on any atom is -0.315 e. The lowest BCUT2D eigenvalue weighted by atomic mass is 10.3. The predicted molar refractivity (Wildman–Crippen MR) is 70.7 cm³/mol. The van der Waals surface area contributed by atoms with E-state index in [9.17, 15) is 12.8 Å². The van der Waals surface area contributed by atoms with Crippen LogP contribution in [0.1, 0.15) is 6.42 Å². The SMILES string of the molecule is O=S(=O)(N[C@H]1CCNC1)c1c(Cl)cc(F)cc1Br. The molecule has 1 aliphatic rings. The first-order valence-electron chi connectivity index (χ1n) is 5.28. The van der Waals surface area contributed by atoms with Crippen molar-refractivity contribution in [2.45, 2.75) is 17.4 Å². The van der Waals surface area contributed by atoms with Crippen LogP contribution in [-0.2, 0) is 10.0 Å². The molecule has 0 aromatic heterocycles. The van der Waals surface area contributed by atoms with Crippen LogP contribution < -0.4 is 10.0 Å². The van der Waals surface area contributed by atoms with Crippen molar-refractivity contribution in [2.75, 3.05) is 13.1 Å². The van der Waals surface area contributed by atoms with Crippen LogP contribution in [0.3, 0.4) is 0 Å². The summed E-state index contributed by atoms with van der Waals surface area (Å²) in [5.74, 6) is -0.589. The Morgan fingerprint density at radius 3 is 2.78 bits per heavy atom. The van der Waals surface area contributed by atoms with Gasteiger partial charge in [0.1, 0.15) is 10.7 Å². The lowest BCUT2D eigenvalue weighted by molar-refractivity contribution is 0.559. The summed E-state index contributed by atoms with van der Waals surface area (Å²) in [6.07, 6.45) is 0.718. The monoisotopic (exact) mass is 356 g/mol. The van der Waals surface area contributed by atoms with Gasteiger partial charge in [0, 0.05) is 17.1 Å². The maximum absolute atomic E-state index is 13.1. The highest BCUT2D eigenvalue weighted by atomic mass is 79.9. The first kappa shape index (κ1) is 14.2. The van der Waals surface area contributed by atoms with Gasteiger partial charge in [0.2, 0.25) is 10.0 Å². The quantitative estimate of drug-likeness (QED) is 0.868. The van der Waals surface area contributed by atoms with E-state index in [0.29, 0.717) is 6.54 Å². The Morgan fingerprint density at radius 2 is 2.22 bits per heavy atom. The fourth-order valence-corrected chi connectivity index (χ4v) is 4.90. The summed E-state index contributed by atoms with van der Waals surface area (Å²) in [5, 5.41) is 2.91. The van der Waals surface area contributed by atoms with Gasteiger partial charge in [-0.25, -0.2) is 17.5 Å². The van der Waals surface area contributed by atoms with Gasteiger partial charge in [0.25, 0.3) is 0 Å². The zero-order valence-electron chi connectivity index (χ0n) is 9.21. The lowest BCUT2D eigenvalue weighted by Gasteiger charge is -2.14. The number of nitrogens with one attached hydrogen (secondary N) is 2. The van der Waals surface area contributed by atoms with E-state index in [1.165, 1.54) is 0 Å². The van der Waals surface area contributed by atoms with Gasteiger partial charge in [0.05, 0.1) is 5.02 Å². The largest absolute Gasteiger partial charge is 0.315 e. The van der Waals surface area contributed by atoms with Crippen LogP contribution in [0.5, 0.6) is 0 Å². The van der Waals surface area contributed by atoms with E-state index in [1.54, 1.807) is 0 Å². The summed E-state index contributed by atoms with van der Waals surface area (Å²) in [6, 6.07) is 1.89. The molecule has 1 saturated heterocycles. The average Bonchev–Trinajstić information content (AvgIpc) is 2.66. The van der Waals surface area contributed by atoms with Crippen molar-refractivity contribution in [3.63, 3.8) is 0 Å². The molecule has 0 saturated carbocycles. The lowest BCUT2D eigenvalue weighted by Crippen LogP contribution is -2.36. The number of benzene rings is 1. The number of hydrogen-bond acceptors (Lipinski definition) is 3. The first-order valence-corrected chi connectivity index (χ1v) is 7.93. The maximum atomic E-state index is 13.1. The first-order chi connectivity index (χ1) is 8.40. The molecule has 1 aliphatic heterocycles. The summed E-state index contributed by atoms with van der Waals surface area (Å²) in [4.78, 5) is -0.127. The van der Waals surface area contributed by atoms with Gasteiger partial charge in [-0.05, 0) is 41.0 Å². The Morgan fingerprint density at radius 1 is 1.50 bits per heavy atom. The molecule has 2 N–H and O–H groups in total. The van der Waals surface area contributed by atoms with E-state index in [-0.39, 0.29) is 20.4 Å². The Bertz CT molecular complexity index is 538. The van der Waals surface area contributed by atoms with Gasteiger partial charge in [-0.3, -0.25) is 0 Å². The van der Waals surface area contributed by atoms with Crippen LogP contribution in [0.15, 0.2) is 21.5 Å². The Hall–Kier alpha value is -0.210. The maximum Gasteiger partial charge on any atom is 0.243 e. The number of hydrogen-bond donors (Lipinski definition) is 2. The number of halogens is 3. The van der Waals surface area contributed by atoms with Crippen molar-refractivity contribution in [1.82, 2.24) is 10.0 Å². The van der Waals surface area contributed by atoms with Crippen molar-refractivity contribution < 1.29 is 12.8 Å². The normalized spacial score (nSPS) is 20.3. The van der Waals surface area contributed by atoms with Crippen molar-refractivity contribution in [2.24, 2.45) is 0 Å². The fraction of sp³-hybridized carbons (Fsp3) is 0.400. The molecule has 2 rings (SSSR count). The average molecular weight is 358 g/mol. The highest BCUT2D eigenvalue weighted by molar-refractivity contribution is 9.10. The Balaban J connectivity index is 2.34. The van der Waals surface area contributed by atoms with Crippen molar-refractivity contribution >= 4 is 37.6 Å². The van der Waals surface area contributed by atoms with E-state index in [2.05, 4.69) is 26.0 Å². The summed E-state index contributed by atoms with van der Waals surface area (Å²) in [5.41, 5.74) is 0. The topological polar surface area (TPSA) is 58.2 Å². The van der Waals surface area contributed by atoms with Gasteiger partial charge >= 0.3 is 0 Å². The minimum atomic E-state index is -3.76. The van der Waals surface area contributed by atoms with Gasteiger partial charge in [-0.1, -0.05) is 11.6 Å². The molecule has 18 heavy (non-hydrogen) atoms. The molecular weight excluding hydrogens is 347 g/mol. The van der Waals surface area contributed by atoms with Gasteiger partial charge in [-0.2, -0.15) is 0 Å². The molecule has 0 aliphatic carbocycles. The third kappa shape index (κ3) is 3.03. The molecule has 100 valence electrons. The van der Waals surface area contributed by atoms with Gasteiger partial charge < -0.3 is 5.32 Å². The summed E-state index contributed by atoms with van der Waals surface area (Å²) in [6.45, 7) is 1.35. The third-order valence-electron chi connectivity index (χ3n) is 2.61. The predicted octanol–water partition coefficient (Wildman–Crippen LogP) is 1.88. The molecule has 1 aromatic carbocycles. The highest BCUT2D eigenvalue weighted by Crippen LogP contribution is 2.30. The summed E-state index contributed by atoms with van der Waals surface area (Å²) >= 11 is 8.82. The fourth-order valence-electron chi connectivity index (χ4n) is 1.82. The molecule has 1 aromatic rings. The third-order valence-corrected chi connectivity index (χ3v) is 5.53. The molecule has 4 nitrogen and oxygen atoms in total. The summed E-state index contributed by atoms with van der Waals surface area (Å²) < 4.78 is 40.1. The summed E-state index contributed by atoms with van der Waals surface area (Å²) in [7, 11) is -3.76. The van der Waals surface area contributed by atoms with Crippen LogP contribution in [-0.4, -0.2) is 27.5 Å². The van der Waals surface area contributed by atoms with Gasteiger partial charge in [-0.15, -0.1) is 0 Å². The van der Waals surface area contributed by atoms with Crippen LogP contribution in [0.4, 0.5) is 4.39 Å². The number of sulfonamides is 1. The van der Waals surface area contributed by atoms with Crippen LogP contribution in [0.2, 0.25) is 5.02 Å². The van der Waals surface area contributed by atoms with E-state index in [4.69, 9.17) is 11.6 Å². The van der Waals surface area contributed by atoms with E-state index < -0.39 is 15.8 Å². The van der Waals surface area contributed by atoms with Crippen LogP contribution in [0.25, 0.3) is 0 Å². The zero-order valence-corrected chi connectivity index (χ0v) is 12.4. The van der Waals surface area contributed by atoms with E-state index in [1.807, 2.05) is 0 Å². The molecular formula is C10H11BrClFN2O2S. The second-order valence-corrected chi connectivity index (χ2v) is 6.92. The standard InChI is InChI=1S/C10H11BrClFN2O2S/c11-8-3-6(13)4-9(12)10(8)18(16,17)15-7-1-2-14-5-7/h3-4,7,14-15H,1-2,5H2/t7-/m0/s1. The molecule has 8 heteroatoms. The molecule has 0 spiro atoms. The molecule has 1 fully saturated rings. The molecule has 0 unspecified atom stereocenters. The van der Waals surface area contributed by atoms with Crippen molar-refractivity contribution in [3.05, 3.63) is 27.4 Å². The van der Waals surface area contributed by atoms with Crippen molar-refractivity contribution in [3.8, 4) is 0 Å². The Labute approximate surface area is 118 Å². The second-order valence-electron chi connectivity index (χ2n) is 4.01. The second kappa shape index (κ2) is 5.42. The van der Waals surface area contributed by atoms with E-state index in [0.717, 1.165) is 25.1 Å². The van der Waals surface area contributed by atoms with Crippen molar-refractivity contribution in [1.29, 1.82) is 0 Å². The highest BCUT2D eigenvalue weighted by Gasteiger charge is 2.27. The zero-order chi connectivity index (χ0) is 13.3. The Kier molecular flexibility index (Phi) is 4.28. The molecule has 0 radical (unpaired) electrons.